The number of carbonyl (C=O) groups excluding carboxylic acids is 1. The molecule has 0 saturated heterocycles. The summed E-state index contributed by atoms with van der Waals surface area (Å²) in [7, 11) is 0. The van der Waals surface area contributed by atoms with E-state index >= 15 is 0 Å². The number of nitrogens with two attached hydrogens (primary N) is 1. The molecule has 2 N–H and O–H groups in total. The van der Waals surface area contributed by atoms with Crippen molar-refractivity contribution in [1.82, 2.24) is 4.90 Å². The molecular formula is C15H21ClN2OS. The predicted molar refractivity (Wildman–Crippen MR) is 88.0 cm³/mol. The number of carbonyl (C=O) groups is 1. The van der Waals surface area contributed by atoms with Crippen LogP contribution < -0.4 is 5.73 Å². The Bertz CT molecular complexity index is 459. The monoisotopic (exact) mass is 312 g/mol. The predicted octanol–water partition coefficient (Wildman–Crippen LogP) is 3.04. The van der Waals surface area contributed by atoms with Crippen LogP contribution in [-0.2, 0) is 11.2 Å². The van der Waals surface area contributed by atoms with Gasteiger partial charge < -0.3 is 10.6 Å². The lowest BCUT2D eigenvalue weighted by atomic mass is 10.1. The van der Waals surface area contributed by atoms with Gasteiger partial charge in [-0.15, -0.1) is 0 Å². The zero-order valence-electron chi connectivity index (χ0n) is 11.9. The van der Waals surface area contributed by atoms with E-state index in [1.807, 2.05) is 17.0 Å². The Labute approximate surface area is 131 Å². The van der Waals surface area contributed by atoms with Crippen LogP contribution >= 0.6 is 23.8 Å². The van der Waals surface area contributed by atoms with Gasteiger partial charge in [0.05, 0.1) is 11.4 Å². The highest BCUT2D eigenvalue weighted by atomic mass is 35.5. The Kier molecular flexibility index (Phi) is 6.96. The second-order valence-electron chi connectivity index (χ2n) is 5.25. The molecule has 110 valence electrons. The fourth-order valence-electron chi connectivity index (χ4n) is 1.89. The molecule has 0 saturated carbocycles. The highest BCUT2D eigenvalue weighted by molar-refractivity contribution is 7.80. The van der Waals surface area contributed by atoms with E-state index in [-0.39, 0.29) is 5.91 Å². The van der Waals surface area contributed by atoms with Crippen molar-refractivity contribution in [1.29, 1.82) is 0 Å². The SMILES string of the molecule is CC(C)CN(CCC(N)=S)C(=O)Cc1ccc(Cl)cc1. The van der Waals surface area contributed by atoms with Gasteiger partial charge >= 0.3 is 0 Å². The van der Waals surface area contributed by atoms with E-state index in [0.717, 1.165) is 12.1 Å². The van der Waals surface area contributed by atoms with Gasteiger partial charge in [-0.1, -0.05) is 49.8 Å². The van der Waals surface area contributed by atoms with Gasteiger partial charge in [-0.05, 0) is 23.6 Å². The lowest BCUT2D eigenvalue weighted by Crippen LogP contribution is -2.37. The first-order valence-electron chi connectivity index (χ1n) is 6.69. The average Bonchev–Trinajstić information content (AvgIpc) is 2.36. The summed E-state index contributed by atoms with van der Waals surface area (Å²) in [4.78, 5) is 14.6. The molecule has 5 heteroatoms. The van der Waals surface area contributed by atoms with Gasteiger partial charge in [0.15, 0.2) is 0 Å². The summed E-state index contributed by atoms with van der Waals surface area (Å²) < 4.78 is 0. The minimum absolute atomic E-state index is 0.0947. The zero-order chi connectivity index (χ0) is 15.1. The number of hydrogen-bond donors (Lipinski definition) is 1. The molecule has 1 rings (SSSR count). The van der Waals surface area contributed by atoms with Crippen molar-refractivity contribution in [2.45, 2.75) is 26.7 Å². The first kappa shape index (κ1) is 16.9. The largest absolute Gasteiger partial charge is 0.393 e. The summed E-state index contributed by atoms with van der Waals surface area (Å²) in [5.74, 6) is 0.507. The smallest absolute Gasteiger partial charge is 0.227 e. The molecular weight excluding hydrogens is 292 g/mol. The second kappa shape index (κ2) is 8.22. The molecule has 0 unspecified atom stereocenters. The maximum atomic E-state index is 12.4. The van der Waals surface area contributed by atoms with Gasteiger partial charge in [-0.3, -0.25) is 4.79 Å². The van der Waals surface area contributed by atoms with Crippen molar-refractivity contribution in [2.24, 2.45) is 11.7 Å². The molecule has 0 fully saturated rings. The third kappa shape index (κ3) is 6.35. The van der Waals surface area contributed by atoms with Crippen molar-refractivity contribution in [2.75, 3.05) is 13.1 Å². The fraction of sp³-hybridized carbons (Fsp3) is 0.467. The van der Waals surface area contributed by atoms with E-state index < -0.39 is 0 Å². The van der Waals surface area contributed by atoms with E-state index in [1.165, 1.54) is 0 Å². The Morgan fingerprint density at radius 2 is 1.95 bits per heavy atom. The summed E-state index contributed by atoms with van der Waals surface area (Å²) in [6.07, 6.45) is 0.940. The molecule has 20 heavy (non-hydrogen) atoms. The maximum Gasteiger partial charge on any atom is 0.227 e. The maximum absolute atomic E-state index is 12.4. The zero-order valence-corrected chi connectivity index (χ0v) is 13.5. The highest BCUT2D eigenvalue weighted by Gasteiger charge is 2.15. The molecule has 0 aromatic heterocycles. The first-order chi connectivity index (χ1) is 9.38. The lowest BCUT2D eigenvalue weighted by molar-refractivity contribution is -0.130. The fourth-order valence-corrected chi connectivity index (χ4v) is 2.11. The van der Waals surface area contributed by atoms with E-state index in [0.29, 0.717) is 35.3 Å². The van der Waals surface area contributed by atoms with Crippen molar-refractivity contribution in [3.8, 4) is 0 Å². The van der Waals surface area contributed by atoms with Crippen LogP contribution in [0.3, 0.4) is 0 Å². The summed E-state index contributed by atoms with van der Waals surface area (Å²) >= 11 is 10.7. The van der Waals surface area contributed by atoms with Gasteiger partial charge in [0, 0.05) is 24.5 Å². The topological polar surface area (TPSA) is 46.3 Å². The third-order valence-corrected chi connectivity index (χ3v) is 3.29. The van der Waals surface area contributed by atoms with Gasteiger partial charge in [0.1, 0.15) is 0 Å². The Balaban J connectivity index is 2.66. The van der Waals surface area contributed by atoms with Crippen LogP contribution in [0.5, 0.6) is 0 Å². The molecule has 1 aromatic carbocycles. The molecule has 1 aromatic rings. The third-order valence-electron chi connectivity index (χ3n) is 2.83. The number of benzene rings is 1. The van der Waals surface area contributed by atoms with E-state index in [1.54, 1.807) is 12.1 Å². The van der Waals surface area contributed by atoms with Gasteiger partial charge in [0.2, 0.25) is 5.91 Å². The van der Waals surface area contributed by atoms with Crippen LogP contribution in [0.25, 0.3) is 0 Å². The van der Waals surface area contributed by atoms with Crippen LogP contribution in [0, 0.1) is 5.92 Å². The van der Waals surface area contributed by atoms with Gasteiger partial charge in [-0.2, -0.15) is 0 Å². The van der Waals surface area contributed by atoms with E-state index in [4.69, 9.17) is 29.6 Å². The van der Waals surface area contributed by atoms with Crippen molar-refractivity contribution in [3.05, 3.63) is 34.9 Å². The summed E-state index contributed by atoms with van der Waals surface area (Å²) in [6.45, 7) is 5.47. The summed E-state index contributed by atoms with van der Waals surface area (Å²) in [5, 5.41) is 0.675. The van der Waals surface area contributed by atoms with Crippen LogP contribution in [0.4, 0.5) is 0 Å². The molecule has 0 aliphatic rings. The molecule has 0 heterocycles. The number of rotatable bonds is 7. The number of nitrogens with zero attached hydrogens (tertiary/aromatic N) is 1. The number of amides is 1. The number of hydrogen-bond acceptors (Lipinski definition) is 2. The number of thiocarbonyl (C=S) groups is 1. The minimum atomic E-state index is 0.0947. The molecule has 0 aliphatic carbocycles. The molecule has 0 atom stereocenters. The highest BCUT2D eigenvalue weighted by Crippen LogP contribution is 2.11. The van der Waals surface area contributed by atoms with Gasteiger partial charge in [0.25, 0.3) is 0 Å². The Morgan fingerprint density at radius 1 is 1.35 bits per heavy atom. The van der Waals surface area contributed by atoms with Crippen molar-refractivity contribution in [3.63, 3.8) is 0 Å². The normalized spacial score (nSPS) is 10.6. The van der Waals surface area contributed by atoms with Crippen molar-refractivity contribution >= 4 is 34.7 Å². The second-order valence-corrected chi connectivity index (χ2v) is 6.21. The molecule has 0 aliphatic heterocycles. The van der Waals surface area contributed by atoms with Gasteiger partial charge in [-0.25, -0.2) is 0 Å². The van der Waals surface area contributed by atoms with Crippen molar-refractivity contribution < 1.29 is 4.79 Å². The Morgan fingerprint density at radius 3 is 2.45 bits per heavy atom. The average molecular weight is 313 g/mol. The van der Waals surface area contributed by atoms with Crippen LogP contribution in [0.15, 0.2) is 24.3 Å². The minimum Gasteiger partial charge on any atom is -0.393 e. The molecule has 1 amide bonds. The van der Waals surface area contributed by atoms with E-state index in [9.17, 15) is 4.79 Å². The molecule has 3 nitrogen and oxygen atoms in total. The standard InChI is InChI=1S/C15H21ClN2OS/c1-11(2)10-18(8-7-14(17)20)15(19)9-12-3-5-13(16)6-4-12/h3-6,11H,7-10H2,1-2H3,(H2,17,20). The van der Waals surface area contributed by atoms with Crippen LogP contribution in [-0.4, -0.2) is 28.9 Å². The Hall–Kier alpha value is -1.13. The van der Waals surface area contributed by atoms with E-state index in [2.05, 4.69) is 13.8 Å². The van der Waals surface area contributed by atoms with Crippen LogP contribution in [0.2, 0.25) is 5.02 Å². The van der Waals surface area contributed by atoms with Crippen LogP contribution in [0.1, 0.15) is 25.8 Å². The summed E-state index contributed by atoms with van der Waals surface area (Å²) in [6, 6.07) is 7.35. The molecule has 0 spiro atoms. The summed E-state index contributed by atoms with van der Waals surface area (Å²) in [5.41, 5.74) is 6.48. The molecule has 0 bridgehead atoms. The molecule has 0 radical (unpaired) electrons. The lowest BCUT2D eigenvalue weighted by Gasteiger charge is -2.24. The quantitative estimate of drug-likeness (QED) is 0.787. The number of halogens is 1. The first-order valence-corrected chi connectivity index (χ1v) is 7.47.